The highest BCUT2D eigenvalue weighted by Crippen LogP contribution is 2.30. The number of likely N-dealkylation sites (tertiary alicyclic amines) is 1. The topological polar surface area (TPSA) is 40.2 Å². The van der Waals surface area contributed by atoms with Gasteiger partial charge in [-0.25, -0.2) is 0 Å². The van der Waals surface area contributed by atoms with E-state index in [0.717, 1.165) is 68.0 Å². The summed E-state index contributed by atoms with van der Waals surface area (Å²) in [4.78, 5) is 2.50. The van der Waals surface area contributed by atoms with Crippen LogP contribution in [0.4, 0.5) is 0 Å². The standard InChI is InChI=1S/C33H35NO4.ClH/c1-35-27-18-24-8-4-5-9-28(24)33-29(21-27)30-22-38-31(19-25(30)20-32(33)36-2)23-10-12-26(13-11-23)37-17-16-34-14-6-3-7-15-34;/h4-5,8-13,18-21,31H,3,6-7,14-17,22H2,1-2H3;1H. The molecular formula is C33H36ClNO4. The summed E-state index contributed by atoms with van der Waals surface area (Å²) in [6.45, 7) is 4.61. The number of hydrogen-bond donors (Lipinski definition) is 0. The third-order valence-corrected chi connectivity index (χ3v) is 7.82. The van der Waals surface area contributed by atoms with Crippen LogP contribution in [0.2, 0.25) is 0 Å². The molecule has 0 saturated carbocycles. The summed E-state index contributed by atoms with van der Waals surface area (Å²) < 4.78 is 24.1. The lowest BCUT2D eigenvalue weighted by atomic mass is 9.96. The van der Waals surface area contributed by atoms with Crippen LogP contribution >= 0.6 is 12.4 Å². The van der Waals surface area contributed by atoms with E-state index >= 15 is 0 Å². The zero-order valence-corrected chi connectivity index (χ0v) is 23.5. The first-order valence-corrected chi connectivity index (χ1v) is 13.6. The second-order valence-electron chi connectivity index (χ2n) is 10.1. The summed E-state index contributed by atoms with van der Waals surface area (Å²) in [6.07, 6.45) is 10.2. The highest BCUT2D eigenvalue weighted by Gasteiger charge is 2.21. The zero-order valence-electron chi connectivity index (χ0n) is 22.7. The molecule has 6 heteroatoms. The Morgan fingerprint density at radius 1 is 0.897 bits per heavy atom. The van der Waals surface area contributed by atoms with Gasteiger partial charge < -0.3 is 18.9 Å². The van der Waals surface area contributed by atoms with Crippen molar-refractivity contribution in [3.63, 3.8) is 0 Å². The Bertz CT molecular complexity index is 1560. The second kappa shape index (κ2) is 12.3. The SMILES string of the molecule is COC1=Cc2c3c(cc(OC)c2=c2ccccc2=C1)=CC(c1ccc(OCCN2CCCCC2)cc1)OC3.Cl. The molecule has 3 aromatic carbocycles. The molecule has 3 aromatic rings. The predicted molar refractivity (Wildman–Crippen MR) is 157 cm³/mol. The van der Waals surface area contributed by atoms with Crippen molar-refractivity contribution in [3.8, 4) is 11.5 Å². The van der Waals surface area contributed by atoms with Crippen LogP contribution in [0.25, 0.3) is 18.2 Å². The van der Waals surface area contributed by atoms with Gasteiger partial charge in [-0.2, -0.15) is 0 Å². The van der Waals surface area contributed by atoms with Gasteiger partial charge in [-0.1, -0.05) is 42.8 Å². The number of rotatable bonds is 7. The maximum absolute atomic E-state index is 6.40. The predicted octanol–water partition coefficient (Wildman–Crippen LogP) is 5.10. The summed E-state index contributed by atoms with van der Waals surface area (Å²) in [6, 6.07) is 18.8. The first-order chi connectivity index (χ1) is 18.7. The van der Waals surface area contributed by atoms with Gasteiger partial charge in [0.2, 0.25) is 0 Å². The van der Waals surface area contributed by atoms with Crippen LogP contribution in [-0.2, 0) is 16.1 Å². The van der Waals surface area contributed by atoms with E-state index in [1.165, 1.54) is 32.4 Å². The van der Waals surface area contributed by atoms with E-state index in [-0.39, 0.29) is 18.5 Å². The van der Waals surface area contributed by atoms with Gasteiger partial charge in [-0.15, -0.1) is 12.4 Å². The summed E-state index contributed by atoms with van der Waals surface area (Å²) >= 11 is 0. The largest absolute Gasteiger partial charge is 0.497 e. The zero-order chi connectivity index (χ0) is 25.9. The average molecular weight is 546 g/mol. The molecule has 2 heterocycles. The van der Waals surface area contributed by atoms with Crippen LogP contribution in [0.15, 0.2) is 60.4 Å². The Hall–Kier alpha value is -3.25. The number of nitrogens with zero attached hydrogens (tertiary/aromatic N) is 1. The molecular weight excluding hydrogens is 510 g/mol. The molecule has 204 valence electrons. The number of ether oxygens (including phenoxy) is 4. The average Bonchev–Trinajstić information content (AvgIpc) is 3.14. The van der Waals surface area contributed by atoms with E-state index in [1.54, 1.807) is 14.2 Å². The molecule has 1 unspecified atom stereocenters. The molecule has 0 amide bonds. The van der Waals surface area contributed by atoms with E-state index in [2.05, 4.69) is 71.7 Å². The van der Waals surface area contributed by atoms with Crippen LogP contribution in [-0.4, -0.2) is 45.4 Å². The fraction of sp³-hybridized carbons (Fsp3) is 0.333. The van der Waals surface area contributed by atoms with Gasteiger partial charge in [-0.05, 0) is 94.7 Å². The van der Waals surface area contributed by atoms with Gasteiger partial charge in [0, 0.05) is 11.8 Å². The fourth-order valence-electron chi connectivity index (χ4n) is 5.76. The van der Waals surface area contributed by atoms with Crippen LogP contribution in [0.5, 0.6) is 11.5 Å². The van der Waals surface area contributed by atoms with E-state index in [4.69, 9.17) is 18.9 Å². The maximum Gasteiger partial charge on any atom is 0.127 e. The third-order valence-electron chi connectivity index (χ3n) is 7.82. The van der Waals surface area contributed by atoms with Crippen molar-refractivity contribution < 1.29 is 18.9 Å². The summed E-state index contributed by atoms with van der Waals surface area (Å²) in [5.74, 6) is 2.56. The van der Waals surface area contributed by atoms with Crippen molar-refractivity contribution >= 4 is 30.6 Å². The third kappa shape index (κ3) is 5.72. The number of halogens is 1. The number of hydrogen-bond acceptors (Lipinski definition) is 5. The van der Waals surface area contributed by atoms with Gasteiger partial charge in [-0.3, -0.25) is 4.90 Å². The fourth-order valence-corrected chi connectivity index (χ4v) is 5.76. The first-order valence-electron chi connectivity index (χ1n) is 13.6. The van der Waals surface area contributed by atoms with Crippen LogP contribution in [0.3, 0.4) is 0 Å². The first kappa shape index (κ1) is 27.3. The molecule has 0 radical (unpaired) electrons. The van der Waals surface area contributed by atoms with E-state index < -0.39 is 0 Å². The normalized spacial score (nSPS) is 18.0. The summed E-state index contributed by atoms with van der Waals surface area (Å²) in [7, 11) is 3.45. The Kier molecular flexibility index (Phi) is 8.61. The molecule has 1 saturated heterocycles. The van der Waals surface area contributed by atoms with Gasteiger partial charge in [0.15, 0.2) is 0 Å². The molecule has 5 nitrogen and oxygen atoms in total. The minimum absolute atomic E-state index is 0. The number of fused-ring (bicyclic) bond motifs is 4. The van der Waals surface area contributed by atoms with Crippen molar-refractivity contribution in [2.75, 3.05) is 40.5 Å². The molecule has 0 aromatic heterocycles. The van der Waals surface area contributed by atoms with E-state index in [9.17, 15) is 0 Å². The summed E-state index contributed by atoms with van der Waals surface area (Å²) in [5, 5.41) is 4.44. The molecule has 39 heavy (non-hydrogen) atoms. The lowest BCUT2D eigenvalue weighted by Gasteiger charge is -2.26. The monoisotopic (exact) mass is 545 g/mol. The molecule has 1 atom stereocenters. The molecule has 6 rings (SSSR count). The van der Waals surface area contributed by atoms with Crippen molar-refractivity contribution in [2.45, 2.75) is 32.0 Å². The van der Waals surface area contributed by atoms with Gasteiger partial charge in [0.1, 0.15) is 30.0 Å². The highest BCUT2D eigenvalue weighted by molar-refractivity contribution is 5.85. The molecule has 3 aliphatic rings. The minimum Gasteiger partial charge on any atom is -0.497 e. The maximum atomic E-state index is 6.40. The second-order valence-corrected chi connectivity index (χ2v) is 10.1. The molecule has 0 N–H and O–H groups in total. The Balaban J connectivity index is 0.00000308. The smallest absolute Gasteiger partial charge is 0.127 e. The van der Waals surface area contributed by atoms with Crippen LogP contribution < -0.4 is 19.9 Å². The van der Waals surface area contributed by atoms with Gasteiger partial charge in [0.05, 0.1) is 20.8 Å². The van der Waals surface area contributed by atoms with Crippen molar-refractivity contribution in [2.24, 2.45) is 0 Å². The Labute approximate surface area is 236 Å². The van der Waals surface area contributed by atoms with Crippen LogP contribution in [0.1, 0.15) is 42.1 Å². The molecule has 1 fully saturated rings. The number of allylic oxidation sites excluding steroid dienone is 1. The van der Waals surface area contributed by atoms with E-state index in [0.29, 0.717) is 6.61 Å². The van der Waals surface area contributed by atoms with Crippen molar-refractivity contribution in [3.05, 3.63) is 97.9 Å². The van der Waals surface area contributed by atoms with Gasteiger partial charge >= 0.3 is 0 Å². The van der Waals surface area contributed by atoms with Crippen molar-refractivity contribution in [1.29, 1.82) is 0 Å². The molecule has 0 spiro atoms. The molecule has 2 aliphatic heterocycles. The highest BCUT2D eigenvalue weighted by atomic mass is 35.5. The van der Waals surface area contributed by atoms with Crippen molar-refractivity contribution in [1.82, 2.24) is 4.90 Å². The Morgan fingerprint density at radius 3 is 2.46 bits per heavy atom. The number of piperidine rings is 1. The quantitative estimate of drug-likeness (QED) is 0.413. The lowest BCUT2D eigenvalue weighted by molar-refractivity contribution is 0.0757. The van der Waals surface area contributed by atoms with E-state index in [1.807, 2.05) is 6.07 Å². The molecule has 0 bridgehead atoms. The minimum atomic E-state index is -0.136. The summed E-state index contributed by atoms with van der Waals surface area (Å²) in [5.41, 5.74) is 3.35. The number of benzene rings is 3. The van der Waals surface area contributed by atoms with Gasteiger partial charge in [0.25, 0.3) is 0 Å². The lowest BCUT2D eigenvalue weighted by Crippen LogP contribution is -2.33. The van der Waals surface area contributed by atoms with Crippen LogP contribution in [0, 0.1) is 10.4 Å². The molecule has 1 aliphatic carbocycles. The Morgan fingerprint density at radius 2 is 1.69 bits per heavy atom. The number of methoxy groups -OCH3 is 2.